The van der Waals surface area contributed by atoms with Gasteiger partial charge in [0.05, 0.1) is 25.8 Å². The van der Waals surface area contributed by atoms with Crippen LogP contribution >= 0.6 is 34.8 Å². The number of sulfone groups is 1. The van der Waals surface area contributed by atoms with Gasteiger partial charge in [0.25, 0.3) is 5.91 Å². The molecule has 1 aliphatic rings. The Bertz CT molecular complexity index is 1250. The minimum absolute atomic E-state index is 0.173. The lowest BCUT2D eigenvalue weighted by atomic mass is 9.91. The van der Waals surface area contributed by atoms with Crippen LogP contribution in [0.1, 0.15) is 39.6 Å². The monoisotopic (exact) mass is 493 g/mol. The smallest absolute Gasteiger partial charge is 0.258 e. The summed E-state index contributed by atoms with van der Waals surface area (Å²) in [5.74, 6) is -0.458. The zero-order valence-corrected chi connectivity index (χ0v) is 19.3. The first-order valence-corrected chi connectivity index (χ1v) is 12.3. The quantitative estimate of drug-likeness (QED) is 0.436. The van der Waals surface area contributed by atoms with E-state index in [1.165, 1.54) is 6.07 Å². The molecule has 4 rings (SSSR count). The minimum Gasteiger partial charge on any atom is -0.322 e. The van der Waals surface area contributed by atoms with Gasteiger partial charge < -0.3 is 5.32 Å². The molecule has 1 amide bonds. The van der Waals surface area contributed by atoms with Crippen LogP contribution in [0.5, 0.6) is 0 Å². The first kappa shape index (κ1) is 22.2. The first-order chi connectivity index (χ1) is 14.8. The highest BCUT2D eigenvalue weighted by Gasteiger charge is 2.33. The van der Waals surface area contributed by atoms with Crippen molar-refractivity contribution in [2.75, 3.05) is 5.32 Å². The van der Waals surface area contributed by atoms with Gasteiger partial charge in [-0.25, -0.2) is 8.42 Å². The van der Waals surface area contributed by atoms with E-state index >= 15 is 0 Å². The van der Waals surface area contributed by atoms with Crippen LogP contribution in [0.2, 0.25) is 15.1 Å². The van der Waals surface area contributed by atoms with E-state index in [9.17, 15) is 13.2 Å². The lowest BCUT2D eigenvalue weighted by Crippen LogP contribution is -2.20. The highest BCUT2D eigenvalue weighted by atomic mass is 35.5. The minimum atomic E-state index is -3.65. The van der Waals surface area contributed by atoms with Crippen LogP contribution in [0.3, 0.4) is 0 Å². The van der Waals surface area contributed by atoms with E-state index in [4.69, 9.17) is 34.8 Å². The lowest BCUT2D eigenvalue weighted by Gasteiger charge is -2.26. The molecule has 3 aromatic carbocycles. The molecule has 1 N–H and O–H groups in total. The van der Waals surface area contributed by atoms with Crippen LogP contribution < -0.4 is 5.32 Å². The second-order valence-electron chi connectivity index (χ2n) is 7.35. The normalized spacial score (nSPS) is 15.9. The Morgan fingerprint density at radius 2 is 1.65 bits per heavy atom. The van der Waals surface area contributed by atoms with Crippen molar-refractivity contribution in [3.8, 4) is 0 Å². The Hall–Kier alpha value is -2.05. The molecule has 0 spiro atoms. The second-order valence-corrected chi connectivity index (χ2v) is 10.7. The average Bonchev–Trinajstić information content (AvgIpc) is 2.73. The Morgan fingerprint density at radius 1 is 0.935 bits per heavy atom. The molecule has 0 heterocycles. The van der Waals surface area contributed by atoms with Gasteiger partial charge >= 0.3 is 0 Å². The molecule has 1 unspecified atom stereocenters. The van der Waals surface area contributed by atoms with Crippen LogP contribution in [-0.2, 0) is 16.3 Å². The summed E-state index contributed by atoms with van der Waals surface area (Å²) in [7, 11) is -3.65. The van der Waals surface area contributed by atoms with E-state index in [2.05, 4.69) is 5.32 Å². The van der Waals surface area contributed by atoms with E-state index in [1.807, 2.05) is 6.07 Å². The molecule has 0 saturated carbocycles. The van der Waals surface area contributed by atoms with Crippen LogP contribution in [0.15, 0.2) is 65.6 Å². The molecule has 3 aromatic rings. The summed E-state index contributed by atoms with van der Waals surface area (Å²) in [4.78, 5) is 12.9. The molecule has 0 aromatic heterocycles. The Morgan fingerprint density at radius 3 is 2.35 bits per heavy atom. The van der Waals surface area contributed by atoms with Crippen LogP contribution in [0.25, 0.3) is 0 Å². The number of benzene rings is 3. The van der Waals surface area contributed by atoms with E-state index in [0.29, 0.717) is 22.7 Å². The van der Waals surface area contributed by atoms with Gasteiger partial charge in [0.15, 0.2) is 9.84 Å². The van der Waals surface area contributed by atoms with Gasteiger partial charge in [-0.15, -0.1) is 0 Å². The Kier molecular flexibility index (Phi) is 6.31. The fourth-order valence-corrected chi connectivity index (χ4v) is 6.62. The summed E-state index contributed by atoms with van der Waals surface area (Å²) in [6, 6.07) is 16.5. The Balaban J connectivity index is 1.69. The number of hydrogen-bond donors (Lipinski definition) is 1. The third-order valence-electron chi connectivity index (χ3n) is 5.35. The van der Waals surface area contributed by atoms with Gasteiger partial charge in [-0.1, -0.05) is 53.0 Å². The number of carbonyl (C=O) groups is 1. The molecule has 0 radical (unpaired) electrons. The largest absolute Gasteiger partial charge is 0.322 e. The molecule has 0 aliphatic heterocycles. The third kappa shape index (κ3) is 4.46. The number of anilines is 1. The maximum Gasteiger partial charge on any atom is 0.258 e. The van der Waals surface area contributed by atoms with Crippen molar-refractivity contribution in [2.24, 2.45) is 0 Å². The summed E-state index contributed by atoms with van der Waals surface area (Å²) >= 11 is 18.3. The zero-order valence-electron chi connectivity index (χ0n) is 16.2. The number of amides is 1. The molecule has 0 fully saturated rings. The van der Waals surface area contributed by atoms with Gasteiger partial charge in [0, 0.05) is 10.7 Å². The molecule has 4 nitrogen and oxygen atoms in total. The van der Waals surface area contributed by atoms with E-state index in [0.717, 1.165) is 18.4 Å². The molecule has 1 atom stereocenters. The predicted octanol–water partition coefficient (Wildman–Crippen LogP) is 6.75. The highest BCUT2D eigenvalue weighted by Crippen LogP contribution is 2.40. The van der Waals surface area contributed by atoms with Gasteiger partial charge in [-0.05, 0) is 72.9 Å². The van der Waals surface area contributed by atoms with Gasteiger partial charge in [-0.3, -0.25) is 4.79 Å². The summed E-state index contributed by atoms with van der Waals surface area (Å²) in [6.07, 6.45) is 2.04. The number of hydrogen-bond acceptors (Lipinski definition) is 3. The Labute approximate surface area is 196 Å². The maximum atomic E-state index is 13.4. The fourth-order valence-electron chi connectivity index (χ4n) is 3.87. The van der Waals surface area contributed by atoms with Crippen molar-refractivity contribution in [3.63, 3.8) is 0 Å². The fraction of sp³-hybridized carbons (Fsp3) is 0.174. The molecule has 0 bridgehead atoms. The zero-order chi connectivity index (χ0) is 22.2. The number of fused-ring (bicyclic) bond motifs is 1. The number of rotatable bonds is 4. The molecular formula is C23H18Cl3NO3S. The topological polar surface area (TPSA) is 63.2 Å². The van der Waals surface area contributed by atoms with Gasteiger partial charge in [-0.2, -0.15) is 0 Å². The molecular weight excluding hydrogens is 477 g/mol. The van der Waals surface area contributed by atoms with E-state index < -0.39 is 21.0 Å². The predicted molar refractivity (Wildman–Crippen MR) is 125 cm³/mol. The average molecular weight is 495 g/mol. The van der Waals surface area contributed by atoms with Crippen molar-refractivity contribution in [1.29, 1.82) is 0 Å². The molecule has 0 saturated heterocycles. The number of nitrogens with one attached hydrogen (secondary N) is 1. The lowest BCUT2D eigenvalue weighted by molar-refractivity contribution is 0.102. The van der Waals surface area contributed by atoms with Crippen LogP contribution in [-0.4, -0.2) is 14.3 Å². The van der Waals surface area contributed by atoms with Crippen molar-refractivity contribution < 1.29 is 13.2 Å². The molecule has 31 heavy (non-hydrogen) atoms. The van der Waals surface area contributed by atoms with Crippen molar-refractivity contribution in [2.45, 2.75) is 29.4 Å². The van der Waals surface area contributed by atoms with Crippen LogP contribution in [0.4, 0.5) is 5.69 Å². The number of halogens is 3. The van der Waals surface area contributed by atoms with E-state index in [-0.39, 0.29) is 20.5 Å². The summed E-state index contributed by atoms with van der Waals surface area (Å²) in [6.45, 7) is 0. The first-order valence-electron chi connectivity index (χ1n) is 9.65. The van der Waals surface area contributed by atoms with Crippen molar-refractivity contribution in [3.05, 3.63) is 92.4 Å². The summed E-state index contributed by atoms with van der Waals surface area (Å²) in [5, 5.41) is 2.93. The summed E-state index contributed by atoms with van der Waals surface area (Å²) < 4.78 is 26.7. The molecule has 8 heteroatoms. The van der Waals surface area contributed by atoms with Crippen molar-refractivity contribution in [1.82, 2.24) is 0 Å². The van der Waals surface area contributed by atoms with E-state index in [1.54, 1.807) is 48.5 Å². The van der Waals surface area contributed by atoms with Crippen molar-refractivity contribution >= 4 is 56.2 Å². The van der Waals surface area contributed by atoms with Gasteiger partial charge in [0.1, 0.15) is 0 Å². The van der Waals surface area contributed by atoms with Crippen LogP contribution in [0, 0.1) is 0 Å². The number of aryl methyl sites for hydroxylation is 1. The molecule has 160 valence electrons. The van der Waals surface area contributed by atoms with Gasteiger partial charge in [0.2, 0.25) is 0 Å². The SMILES string of the molecule is O=C(Nc1ccc2c(c1)C(S(=O)(=O)c1cccc(Cl)c1)CCC2)c1c(Cl)cccc1Cl. The second kappa shape index (κ2) is 8.83. The summed E-state index contributed by atoms with van der Waals surface area (Å²) in [5.41, 5.74) is 2.30. The molecule has 1 aliphatic carbocycles. The maximum absolute atomic E-state index is 13.4. The highest BCUT2D eigenvalue weighted by molar-refractivity contribution is 7.91. The standard InChI is InChI=1S/C23H18Cl3NO3S/c24-15-5-2-6-17(12-15)31(29,30)21-9-1-4-14-10-11-16(13-18(14)21)27-23(28)22-19(25)7-3-8-20(22)26/h2-3,5-8,10-13,21H,1,4,9H2,(H,27,28). The third-order valence-corrected chi connectivity index (χ3v) is 8.37. The number of carbonyl (C=O) groups excluding carboxylic acids is 1.